The molecule has 27 heavy (non-hydrogen) atoms. The van der Waals surface area contributed by atoms with Crippen LogP contribution in [-0.2, 0) is 0 Å². The molecule has 0 saturated carbocycles. The van der Waals surface area contributed by atoms with Gasteiger partial charge in [0.25, 0.3) is 5.91 Å². The summed E-state index contributed by atoms with van der Waals surface area (Å²) in [4.78, 5) is 13.9. The van der Waals surface area contributed by atoms with Crippen molar-refractivity contribution in [1.82, 2.24) is 5.32 Å². The number of hydrogen-bond donors (Lipinski definition) is 2. The summed E-state index contributed by atoms with van der Waals surface area (Å²) in [6.45, 7) is 0. The average molecular weight is 401 g/mol. The molecule has 0 aliphatic heterocycles. The molecule has 2 rings (SSSR count). The Morgan fingerprint density at radius 2 is 1.52 bits per heavy atom. The van der Waals surface area contributed by atoms with E-state index in [9.17, 15) is 22.4 Å². The zero-order valence-corrected chi connectivity index (χ0v) is 15.3. The number of amides is 1. The summed E-state index contributed by atoms with van der Waals surface area (Å²) < 4.78 is 59.6. The van der Waals surface area contributed by atoms with Crippen LogP contribution in [0.2, 0.25) is 0 Å². The Balaban J connectivity index is 2.18. The molecule has 0 aliphatic carbocycles. The van der Waals surface area contributed by atoms with Gasteiger partial charge >= 0.3 is 0 Å². The third kappa shape index (κ3) is 4.27. The molecule has 5 nitrogen and oxygen atoms in total. The second kappa shape index (κ2) is 8.21. The number of carbonyl (C=O) groups excluding carboxylic acids is 1. The fourth-order valence-electron chi connectivity index (χ4n) is 2.16. The van der Waals surface area contributed by atoms with E-state index in [1.54, 1.807) is 24.3 Å². The first-order valence-corrected chi connectivity index (χ1v) is 7.87. The highest BCUT2D eigenvalue weighted by Gasteiger charge is 2.30. The van der Waals surface area contributed by atoms with E-state index in [0.717, 1.165) is 12.8 Å². The number of thiocarbonyl (C=S) groups is 1. The van der Waals surface area contributed by atoms with Crippen LogP contribution < -0.4 is 20.3 Å². The molecule has 144 valence electrons. The van der Waals surface area contributed by atoms with Crippen LogP contribution in [-0.4, -0.2) is 32.2 Å². The summed E-state index contributed by atoms with van der Waals surface area (Å²) in [5.74, 6) is -10.1. The van der Waals surface area contributed by atoms with E-state index < -0.39 is 40.5 Å². The van der Waals surface area contributed by atoms with Crippen molar-refractivity contribution in [1.29, 1.82) is 0 Å². The van der Waals surface area contributed by atoms with Crippen molar-refractivity contribution in [3.05, 3.63) is 53.1 Å². The number of rotatable bonds is 4. The van der Waals surface area contributed by atoms with Crippen molar-refractivity contribution in [2.75, 3.05) is 31.4 Å². The Morgan fingerprint density at radius 1 is 1.00 bits per heavy atom. The molecule has 2 aromatic rings. The second-order valence-corrected chi connectivity index (χ2v) is 5.92. The number of nitrogens with one attached hydrogen (secondary N) is 2. The van der Waals surface area contributed by atoms with Crippen molar-refractivity contribution >= 4 is 34.6 Å². The van der Waals surface area contributed by atoms with E-state index in [1.165, 1.54) is 0 Å². The van der Waals surface area contributed by atoms with Crippen LogP contribution in [0, 0.1) is 23.3 Å². The number of carbonyl (C=O) groups is 1. The van der Waals surface area contributed by atoms with Crippen LogP contribution in [0.15, 0.2) is 24.3 Å². The zero-order chi connectivity index (χ0) is 20.3. The Bertz CT molecular complexity index is 860. The van der Waals surface area contributed by atoms with E-state index in [-0.39, 0.29) is 5.11 Å². The lowest BCUT2D eigenvalue weighted by Gasteiger charge is -2.14. The standard InChI is InChI=1S/C17H15F4N3O2S/c1-24(2)9-6-4-8(5-7-9)22-17(27)23-16(25)10-11(18)13(20)15(26-3)14(21)12(10)19/h4-7H,1-3H3,(H2,22,23,25,27). The van der Waals surface area contributed by atoms with Crippen LogP contribution >= 0.6 is 12.2 Å². The summed E-state index contributed by atoms with van der Waals surface area (Å²) in [5.41, 5.74) is -0.0549. The smallest absolute Gasteiger partial charge is 0.263 e. The number of methoxy groups -OCH3 is 1. The highest BCUT2D eigenvalue weighted by molar-refractivity contribution is 7.80. The lowest BCUT2D eigenvalue weighted by atomic mass is 10.1. The van der Waals surface area contributed by atoms with Gasteiger partial charge in [0, 0.05) is 25.5 Å². The van der Waals surface area contributed by atoms with Gasteiger partial charge in [-0.25, -0.2) is 8.78 Å². The molecule has 0 aromatic heterocycles. The molecule has 0 aliphatic rings. The minimum Gasteiger partial charge on any atom is -0.491 e. The van der Waals surface area contributed by atoms with E-state index in [1.807, 2.05) is 24.3 Å². The van der Waals surface area contributed by atoms with Gasteiger partial charge in [-0.05, 0) is 36.5 Å². The SMILES string of the molecule is COc1c(F)c(F)c(C(=O)NC(=S)Nc2ccc(N(C)C)cc2)c(F)c1F. The van der Waals surface area contributed by atoms with Gasteiger partial charge in [0.05, 0.1) is 7.11 Å². The molecular weight excluding hydrogens is 386 g/mol. The Hall–Kier alpha value is -2.88. The second-order valence-electron chi connectivity index (χ2n) is 5.51. The summed E-state index contributed by atoms with van der Waals surface area (Å²) in [6.07, 6.45) is 0. The molecular formula is C17H15F4N3O2S. The van der Waals surface area contributed by atoms with Gasteiger partial charge in [-0.15, -0.1) is 0 Å². The topological polar surface area (TPSA) is 53.6 Å². The fourth-order valence-corrected chi connectivity index (χ4v) is 2.37. The number of anilines is 2. The molecule has 10 heteroatoms. The molecule has 0 saturated heterocycles. The number of benzene rings is 2. The van der Waals surface area contributed by atoms with Crippen LogP contribution in [0.25, 0.3) is 0 Å². The van der Waals surface area contributed by atoms with Crippen molar-refractivity contribution in [3.63, 3.8) is 0 Å². The number of halogens is 4. The monoisotopic (exact) mass is 401 g/mol. The first-order valence-electron chi connectivity index (χ1n) is 7.47. The number of hydrogen-bond acceptors (Lipinski definition) is 4. The molecule has 1 amide bonds. The van der Waals surface area contributed by atoms with Crippen LogP contribution in [0.4, 0.5) is 28.9 Å². The molecule has 0 heterocycles. The van der Waals surface area contributed by atoms with Crippen LogP contribution in [0.1, 0.15) is 10.4 Å². The minimum atomic E-state index is -1.89. The van der Waals surface area contributed by atoms with Gasteiger partial charge in [-0.3, -0.25) is 10.1 Å². The summed E-state index contributed by atoms with van der Waals surface area (Å²) in [7, 11) is 4.54. The minimum absolute atomic E-state index is 0.312. The van der Waals surface area contributed by atoms with Gasteiger partial charge < -0.3 is 15.0 Å². The van der Waals surface area contributed by atoms with E-state index >= 15 is 0 Å². The Morgan fingerprint density at radius 3 is 1.96 bits per heavy atom. The van der Waals surface area contributed by atoms with Crippen molar-refractivity contribution < 1.29 is 27.1 Å². The first kappa shape index (κ1) is 20.4. The number of ether oxygens (including phenoxy) is 1. The van der Waals surface area contributed by atoms with Crippen LogP contribution in [0.5, 0.6) is 5.75 Å². The normalized spacial score (nSPS) is 10.3. The summed E-state index contributed by atoms with van der Waals surface area (Å²) >= 11 is 4.89. The van der Waals surface area contributed by atoms with Gasteiger partial charge in [-0.2, -0.15) is 8.78 Å². The lowest BCUT2D eigenvalue weighted by molar-refractivity contribution is 0.0966. The third-order valence-corrected chi connectivity index (χ3v) is 3.73. The quantitative estimate of drug-likeness (QED) is 0.467. The van der Waals surface area contributed by atoms with Crippen molar-refractivity contribution in [2.45, 2.75) is 0 Å². The summed E-state index contributed by atoms with van der Waals surface area (Å²) in [6, 6.07) is 6.84. The Labute approximate surface area is 157 Å². The molecule has 0 radical (unpaired) electrons. The first-order chi connectivity index (χ1) is 12.7. The van der Waals surface area contributed by atoms with E-state index in [2.05, 4.69) is 10.1 Å². The predicted molar refractivity (Wildman–Crippen MR) is 97.3 cm³/mol. The highest BCUT2D eigenvalue weighted by Crippen LogP contribution is 2.29. The van der Waals surface area contributed by atoms with Crippen molar-refractivity contribution in [2.24, 2.45) is 0 Å². The molecule has 0 unspecified atom stereocenters. The average Bonchev–Trinajstić information content (AvgIpc) is 2.61. The van der Waals surface area contributed by atoms with Gasteiger partial charge in [0.1, 0.15) is 5.56 Å². The van der Waals surface area contributed by atoms with Crippen molar-refractivity contribution in [3.8, 4) is 5.75 Å². The van der Waals surface area contributed by atoms with Gasteiger partial charge in [-0.1, -0.05) is 0 Å². The zero-order valence-electron chi connectivity index (χ0n) is 14.5. The number of nitrogens with zero attached hydrogens (tertiary/aromatic N) is 1. The lowest BCUT2D eigenvalue weighted by Crippen LogP contribution is -2.35. The van der Waals surface area contributed by atoms with Crippen LogP contribution in [0.3, 0.4) is 0 Å². The molecule has 0 spiro atoms. The van der Waals surface area contributed by atoms with Gasteiger partial charge in [0.2, 0.25) is 11.6 Å². The fraction of sp³-hybridized carbons (Fsp3) is 0.176. The predicted octanol–water partition coefficient (Wildman–Crippen LogP) is 3.44. The highest BCUT2D eigenvalue weighted by atomic mass is 32.1. The molecule has 0 fully saturated rings. The maximum atomic E-state index is 13.9. The maximum Gasteiger partial charge on any atom is 0.263 e. The largest absolute Gasteiger partial charge is 0.491 e. The van der Waals surface area contributed by atoms with Gasteiger partial charge in [0.15, 0.2) is 22.5 Å². The van der Waals surface area contributed by atoms with E-state index in [0.29, 0.717) is 5.69 Å². The third-order valence-electron chi connectivity index (χ3n) is 3.52. The molecule has 0 atom stereocenters. The Kier molecular flexibility index (Phi) is 6.21. The molecule has 2 N–H and O–H groups in total. The maximum absolute atomic E-state index is 13.9. The summed E-state index contributed by atoms with van der Waals surface area (Å²) in [5, 5.41) is 4.28. The molecule has 0 bridgehead atoms. The molecule has 2 aromatic carbocycles. The van der Waals surface area contributed by atoms with E-state index in [4.69, 9.17) is 12.2 Å².